The average Bonchev–Trinajstić information content (AvgIpc) is 2.62. The molecule has 0 bridgehead atoms. The zero-order chi connectivity index (χ0) is 13.3. The predicted octanol–water partition coefficient (Wildman–Crippen LogP) is 1.31. The molecule has 0 radical (unpaired) electrons. The molecule has 1 unspecified atom stereocenters. The number of sulfone groups is 1. The first kappa shape index (κ1) is 12.8. The molecule has 1 aromatic rings. The number of carboxylic acids is 1. The van der Waals surface area contributed by atoms with Crippen LogP contribution in [0.5, 0.6) is 0 Å². The summed E-state index contributed by atoms with van der Waals surface area (Å²) in [5, 5.41) is 9.74. The number of rotatable bonds is 4. The van der Waals surface area contributed by atoms with Crippen molar-refractivity contribution in [2.45, 2.75) is 23.8 Å². The van der Waals surface area contributed by atoms with E-state index < -0.39 is 21.8 Å². The lowest BCUT2D eigenvalue weighted by molar-refractivity contribution is -0.137. The lowest BCUT2D eigenvalue weighted by atomic mass is 10.0. The maximum absolute atomic E-state index is 11.6. The highest BCUT2D eigenvalue weighted by Crippen LogP contribution is 2.29. The number of aliphatic carboxylic acids is 1. The highest BCUT2D eigenvalue weighted by molar-refractivity contribution is 7.94. The summed E-state index contributed by atoms with van der Waals surface area (Å²) in [5.41, 5.74) is 7.22. The van der Waals surface area contributed by atoms with Gasteiger partial charge in [0, 0.05) is 17.9 Å². The third-order valence-corrected chi connectivity index (χ3v) is 4.34. The number of carbonyl (C=O) groups is 1. The molecule has 0 spiro atoms. The highest BCUT2D eigenvalue weighted by Gasteiger charge is 2.21. The van der Waals surface area contributed by atoms with Crippen molar-refractivity contribution in [1.29, 1.82) is 0 Å². The van der Waals surface area contributed by atoms with Crippen molar-refractivity contribution in [1.82, 2.24) is 0 Å². The second-order valence-electron chi connectivity index (χ2n) is 4.18. The van der Waals surface area contributed by atoms with Gasteiger partial charge in [-0.3, -0.25) is 4.79 Å². The Labute approximate surface area is 105 Å². The van der Waals surface area contributed by atoms with Gasteiger partial charge in [0.25, 0.3) is 0 Å². The molecule has 0 aliphatic carbocycles. The summed E-state index contributed by atoms with van der Waals surface area (Å²) in [5.74, 6) is -0.894. The fourth-order valence-corrected chi connectivity index (χ4v) is 3.05. The van der Waals surface area contributed by atoms with E-state index in [1.54, 1.807) is 12.1 Å². The lowest BCUT2D eigenvalue weighted by Gasteiger charge is -2.11. The standard InChI is InChI=1S/C12H13NO4S/c13-10(2-4-12(14)15)8-1-3-11-9(7-8)5-6-18(11,16)17/h1,3,5-7,10H,2,4,13H2,(H,14,15). The minimum Gasteiger partial charge on any atom is -0.481 e. The van der Waals surface area contributed by atoms with Crippen LogP contribution in [0.15, 0.2) is 28.5 Å². The van der Waals surface area contributed by atoms with E-state index in [4.69, 9.17) is 10.8 Å². The van der Waals surface area contributed by atoms with E-state index in [9.17, 15) is 13.2 Å². The van der Waals surface area contributed by atoms with E-state index in [0.29, 0.717) is 12.0 Å². The summed E-state index contributed by atoms with van der Waals surface area (Å²) < 4.78 is 23.1. The van der Waals surface area contributed by atoms with Gasteiger partial charge in [0.1, 0.15) is 0 Å². The van der Waals surface area contributed by atoms with Crippen LogP contribution < -0.4 is 5.73 Å². The topological polar surface area (TPSA) is 97.5 Å². The largest absolute Gasteiger partial charge is 0.481 e. The molecule has 0 aromatic heterocycles. The molecule has 18 heavy (non-hydrogen) atoms. The third kappa shape index (κ3) is 2.44. The molecule has 96 valence electrons. The van der Waals surface area contributed by atoms with Crippen LogP contribution in [0.25, 0.3) is 6.08 Å². The Bertz CT molecular complexity index is 619. The number of hydrogen-bond acceptors (Lipinski definition) is 4. The summed E-state index contributed by atoms with van der Waals surface area (Å²) in [7, 11) is -3.29. The van der Waals surface area contributed by atoms with Crippen LogP contribution >= 0.6 is 0 Å². The summed E-state index contributed by atoms with van der Waals surface area (Å²) >= 11 is 0. The van der Waals surface area contributed by atoms with Gasteiger partial charge in [-0.25, -0.2) is 8.42 Å². The van der Waals surface area contributed by atoms with Crippen molar-refractivity contribution >= 4 is 21.9 Å². The number of fused-ring (bicyclic) bond motifs is 1. The van der Waals surface area contributed by atoms with Crippen molar-refractivity contribution in [3.63, 3.8) is 0 Å². The second-order valence-corrected chi connectivity index (χ2v) is 5.99. The number of nitrogens with two attached hydrogens (primary N) is 1. The molecule has 1 atom stereocenters. The minimum atomic E-state index is -3.29. The summed E-state index contributed by atoms with van der Waals surface area (Å²) in [6, 6.07) is 4.45. The molecule has 1 aliphatic rings. The SMILES string of the molecule is NC(CCC(=O)O)c1ccc2c(c1)C=CS2(=O)=O. The van der Waals surface area contributed by atoms with E-state index >= 15 is 0 Å². The molecule has 6 heteroatoms. The van der Waals surface area contributed by atoms with Crippen molar-refractivity contribution < 1.29 is 18.3 Å². The fraction of sp³-hybridized carbons (Fsp3) is 0.250. The summed E-state index contributed by atoms with van der Waals surface area (Å²) in [6.07, 6.45) is 1.84. The van der Waals surface area contributed by atoms with Gasteiger partial charge in [-0.1, -0.05) is 6.07 Å². The van der Waals surface area contributed by atoms with Gasteiger partial charge in [0.15, 0.2) is 9.84 Å². The van der Waals surface area contributed by atoms with Gasteiger partial charge < -0.3 is 10.8 Å². The first-order valence-corrected chi connectivity index (χ1v) is 6.99. The van der Waals surface area contributed by atoms with Gasteiger partial charge in [-0.05, 0) is 35.8 Å². The molecular formula is C12H13NO4S. The molecule has 0 saturated carbocycles. The zero-order valence-corrected chi connectivity index (χ0v) is 10.4. The van der Waals surface area contributed by atoms with Crippen LogP contribution in [0, 0.1) is 0 Å². The van der Waals surface area contributed by atoms with E-state index in [0.717, 1.165) is 11.0 Å². The van der Waals surface area contributed by atoms with E-state index in [2.05, 4.69) is 0 Å². The second kappa shape index (κ2) is 4.55. The van der Waals surface area contributed by atoms with Gasteiger partial charge in [0.05, 0.1) is 4.90 Å². The van der Waals surface area contributed by atoms with E-state index in [-0.39, 0.29) is 11.3 Å². The molecule has 1 heterocycles. The molecule has 1 aliphatic heterocycles. The third-order valence-electron chi connectivity index (χ3n) is 2.86. The van der Waals surface area contributed by atoms with Crippen LogP contribution in [0.3, 0.4) is 0 Å². The number of carboxylic acid groups (broad SMARTS) is 1. The zero-order valence-electron chi connectivity index (χ0n) is 9.54. The summed E-state index contributed by atoms with van der Waals surface area (Å²) in [6.45, 7) is 0. The first-order valence-electron chi connectivity index (χ1n) is 5.44. The van der Waals surface area contributed by atoms with Crippen LogP contribution in [0.4, 0.5) is 0 Å². The molecular weight excluding hydrogens is 254 g/mol. The van der Waals surface area contributed by atoms with Crippen molar-refractivity contribution in [2.24, 2.45) is 5.73 Å². The van der Waals surface area contributed by atoms with Crippen LogP contribution in [-0.2, 0) is 14.6 Å². The fourth-order valence-electron chi connectivity index (χ4n) is 1.87. The first-order chi connectivity index (χ1) is 8.40. The van der Waals surface area contributed by atoms with Crippen LogP contribution in [0.2, 0.25) is 0 Å². The number of hydrogen-bond donors (Lipinski definition) is 2. The maximum atomic E-state index is 11.6. The van der Waals surface area contributed by atoms with E-state index in [1.165, 1.54) is 12.1 Å². The molecule has 0 fully saturated rings. The Hall–Kier alpha value is -1.66. The van der Waals surface area contributed by atoms with E-state index in [1.807, 2.05) is 0 Å². The van der Waals surface area contributed by atoms with Crippen molar-refractivity contribution in [3.05, 3.63) is 34.7 Å². The number of benzene rings is 1. The molecule has 2 rings (SSSR count). The van der Waals surface area contributed by atoms with Gasteiger partial charge >= 0.3 is 5.97 Å². The molecule has 3 N–H and O–H groups in total. The Morgan fingerprint density at radius 2 is 2.11 bits per heavy atom. The lowest BCUT2D eigenvalue weighted by Crippen LogP contribution is -2.12. The Balaban J connectivity index is 2.23. The van der Waals surface area contributed by atoms with Crippen molar-refractivity contribution in [3.8, 4) is 0 Å². The van der Waals surface area contributed by atoms with Gasteiger partial charge in [-0.15, -0.1) is 0 Å². The predicted molar refractivity (Wildman–Crippen MR) is 66.5 cm³/mol. The average molecular weight is 267 g/mol. The normalized spacial score (nSPS) is 17.4. The Morgan fingerprint density at radius 1 is 1.39 bits per heavy atom. The van der Waals surface area contributed by atoms with Crippen molar-refractivity contribution in [2.75, 3.05) is 0 Å². The van der Waals surface area contributed by atoms with Crippen LogP contribution in [0.1, 0.15) is 30.0 Å². The van der Waals surface area contributed by atoms with Crippen LogP contribution in [-0.4, -0.2) is 19.5 Å². The minimum absolute atomic E-state index is 0.00755. The summed E-state index contributed by atoms with van der Waals surface area (Å²) in [4.78, 5) is 10.7. The Morgan fingerprint density at radius 3 is 2.78 bits per heavy atom. The van der Waals surface area contributed by atoms with Gasteiger partial charge in [-0.2, -0.15) is 0 Å². The van der Waals surface area contributed by atoms with Gasteiger partial charge in [0.2, 0.25) is 0 Å². The molecule has 5 nitrogen and oxygen atoms in total. The monoisotopic (exact) mass is 267 g/mol. The highest BCUT2D eigenvalue weighted by atomic mass is 32.2. The smallest absolute Gasteiger partial charge is 0.303 e. The molecule has 1 aromatic carbocycles. The molecule has 0 amide bonds. The molecule has 0 saturated heterocycles. The quantitative estimate of drug-likeness (QED) is 0.857. The Kier molecular flexibility index (Phi) is 3.23. The maximum Gasteiger partial charge on any atom is 0.303 e.